The Balaban J connectivity index is 1.48. The fraction of sp³-hybridized carbons (Fsp3) is 0.136. The first-order chi connectivity index (χ1) is 12.8. The molecular weight excluding hydrogens is 324 g/mol. The molecule has 0 atom stereocenters. The molecule has 3 aromatic carbocycles. The summed E-state index contributed by atoms with van der Waals surface area (Å²) in [6.45, 7) is 1.34. The molecule has 1 aliphatic heterocycles. The number of para-hydroxylation sites is 3. The fourth-order valence-corrected chi connectivity index (χ4v) is 3.14. The Bertz CT molecular complexity index is 909. The lowest BCUT2D eigenvalue weighted by Gasteiger charge is -2.29. The van der Waals surface area contributed by atoms with Gasteiger partial charge in [-0.1, -0.05) is 54.6 Å². The highest BCUT2D eigenvalue weighted by Gasteiger charge is 2.21. The maximum Gasteiger partial charge on any atom is 0.322 e. The van der Waals surface area contributed by atoms with Gasteiger partial charge in [0.25, 0.3) is 0 Å². The average molecular weight is 344 g/mol. The van der Waals surface area contributed by atoms with Gasteiger partial charge in [-0.2, -0.15) is 0 Å². The second-order valence-electron chi connectivity index (χ2n) is 6.28. The van der Waals surface area contributed by atoms with E-state index in [4.69, 9.17) is 4.74 Å². The lowest BCUT2D eigenvalue weighted by Crippen LogP contribution is -2.38. The van der Waals surface area contributed by atoms with Crippen LogP contribution in [0.1, 0.15) is 11.1 Å². The molecule has 130 valence electrons. The van der Waals surface area contributed by atoms with Gasteiger partial charge in [0.05, 0.1) is 5.69 Å². The van der Waals surface area contributed by atoms with Crippen LogP contribution in [0.5, 0.6) is 11.5 Å². The maximum absolute atomic E-state index is 12.7. The zero-order valence-electron chi connectivity index (χ0n) is 14.4. The van der Waals surface area contributed by atoms with Gasteiger partial charge in [0.1, 0.15) is 5.75 Å². The summed E-state index contributed by atoms with van der Waals surface area (Å²) in [5.41, 5.74) is 3.20. The maximum atomic E-state index is 12.7. The third kappa shape index (κ3) is 3.54. The topological polar surface area (TPSA) is 41.6 Å². The molecule has 26 heavy (non-hydrogen) atoms. The number of rotatable bonds is 3. The van der Waals surface area contributed by atoms with Gasteiger partial charge in [-0.05, 0) is 41.8 Å². The predicted molar refractivity (Wildman–Crippen MR) is 103 cm³/mol. The van der Waals surface area contributed by atoms with Gasteiger partial charge >= 0.3 is 6.03 Å². The summed E-state index contributed by atoms with van der Waals surface area (Å²) < 4.78 is 5.92. The van der Waals surface area contributed by atoms with E-state index in [0.717, 1.165) is 12.2 Å². The second kappa shape index (κ2) is 7.31. The molecule has 4 heteroatoms. The quantitative estimate of drug-likeness (QED) is 0.721. The first-order valence-electron chi connectivity index (χ1n) is 8.74. The Morgan fingerprint density at radius 3 is 2.38 bits per heavy atom. The summed E-state index contributed by atoms with van der Waals surface area (Å²) in [7, 11) is 0. The number of amides is 2. The number of anilines is 1. The minimum atomic E-state index is -0.108. The number of carbonyl (C=O) groups is 1. The van der Waals surface area contributed by atoms with Gasteiger partial charge in [-0.3, -0.25) is 0 Å². The standard InChI is InChI=1S/C22H20N2O2/c25-22(24-15-14-17-8-4-5-9-18(17)16-24)23-20-12-6-7-13-21(20)26-19-10-2-1-3-11-19/h1-13H,14-16H2,(H,23,25). The summed E-state index contributed by atoms with van der Waals surface area (Å²) >= 11 is 0. The van der Waals surface area contributed by atoms with Crippen molar-refractivity contribution >= 4 is 11.7 Å². The molecule has 0 unspecified atom stereocenters. The van der Waals surface area contributed by atoms with Crippen LogP contribution in [0.3, 0.4) is 0 Å². The summed E-state index contributed by atoms with van der Waals surface area (Å²) in [6, 6.07) is 25.2. The second-order valence-corrected chi connectivity index (χ2v) is 6.28. The van der Waals surface area contributed by atoms with E-state index >= 15 is 0 Å². The molecule has 0 saturated heterocycles. The first-order valence-corrected chi connectivity index (χ1v) is 8.74. The third-order valence-corrected chi connectivity index (χ3v) is 4.52. The minimum absolute atomic E-state index is 0.108. The lowest BCUT2D eigenvalue weighted by atomic mass is 10.0. The van der Waals surface area contributed by atoms with Crippen molar-refractivity contribution in [2.24, 2.45) is 0 Å². The summed E-state index contributed by atoms with van der Waals surface area (Å²) in [6.07, 6.45) is 0.881. The highest BCUT2D eigenvalue weighted by molar-refractivity contribution is 5.91. The van der Waals surface area contributed by atoms with Crippen molar-refractivity contribution < 1.29 is 9.53 Å². The minimum Gasteiger partial charge on any atom is -0.455 e. The number of hydrogen-bond donors (Lipinski definition) is 1. The van der Waals surface area contributed by atoms with Crippen LogP contribution in [0.15, 0.2) is 78.9 Å². The zero-order chi connectivity index (χ0) is 17.8. The van der Waals surface area contributed by atoms with E-state index in [1.807, 2.05) is 71.6 Å². The van der Waals surface area contributed by atoms with Gasteiger partial charge in [-0.15, -0.1) is 0 Å². The molecule has 0 aliphatic carbocycles. The lowest BCUT2D eigenvalue weighted by molar-refractivity contribution is 0.206. The summed E-state index contributed by atoms with van der Waals surface area (Å²) in [5.74, 6) is 1.37. The molecular formula is C22H20N2O2. The Morgan fingerprint density at radius 1 is 0.846 bits per heavy atom. The SMILES string of the molecule is O=C(Nc1ccccc1Oc1ccccc1)N1CCc2ccccc2C1. The van der Waals surface area contributed by atoms with Crippen LogP contribution in [0.25, 0.3) is 0 Å². The van der Waals surface area contributed by atoms with Crippen molar-refractivity contribution in [2.45, 2.75) is 13.0 Å². The Morgan fingerprint density at radius 2 is 1.54 bits per heavy atom. The highest BCUT2D eigenvalue weighted by atomic mass is 16.5. The monoisotopic (exact) mass is 344 g/mol. The van der Waals surface area contributed by atoms with E-state index in [0.29, 0.717) is 24.5 Å². The van der Waals surface area contributed by atoms with Crippen LogP contribution in [0, 0.1) is 0 Å². The normalized spacial score (nSPS) is 13.0. The molecule has 4 nitrogen and oxygen atoms in total. The van der Waals surface area contributed by atoms with E-state index in [1.54, 1.807) is 0 Å². The van der Waals surface area contributed by atoms with Crippen LogP contribution in [0.2, 0.25) is 0 Å². The number of nitrogens with one attached hydrogen (secondary N) is 1. The van der Waals surface area contributed by atoms with Crippen LogP contribution < -0.4 is 10.1 Å². The summed E-state index contributed by atoms with van der Waals surface area (Å²) in [5, 5.41) is 2.99. The van der Waals surface area contributed by atoms with Crippen molar-refractivity contribution in [2.75, 3.05) is 11.9 Å². The van der Waals surface area contributed by atoms with Gasteiger partial charge in [0.2, 0.25) is 0 Å². The van der Waals surface area contributed by atoms with E-state index in [2.05, 4.69) is 17.4 Å². The van der Waals surface area contributed by atoms with E-state index in [9.17, 15) is 4.79 Å². The molecule has 4 rings (SSSR count). The molecule has 0 fully saturated rings. The smallest absolute Gasteiger partial charge is 0.322 e. The number of urea groups is 1. The highest BCUT2D eigenvalue weighted by Crippen LogP contribution is 2.29. The molecule has 3 aromatic rings. The third-order valence-electron chi connectivity index (χ3n) is 4.52. The predicted octanol–water partition coefficient (Wildman–Crippen LogP) is 5.07. The van der Waals surface area contributed by atoms with Crippen molar-refractivity contribution in [1.29, 1.82) is 0 Å². The van der Waals surface area contributed by atoms with Crippen molar-refractivity contribution in [3.63, 3.8) is 0 Å². The van der Waals surface area contributed by atoms with E-state index in [1.165, 1.54) is 11.1 Å². The van der Waals surface area contributed by atoms with E-state index < -0.39 is 0 Å². The summed E-state index contributed by atoms with van der Waals surface area (Å²) in [4.78, 5) is 14.6. The number of hydrogen-bond acceptors (Lipinski definition) is 2. The Kier molecular flexibility index (Phi) is 4.56. The molecule has 1 heterocycles. The van der Waals surface area contributed by atoms with Gasteiger partial charge < -0.3 is 15.0 Å². The van der Waals surface area contributed by atoms with Gasteiger partial charge in [0.15, 0.2) is 5.75 Å². The number of nitrogens with zero attached hydrogens (tertiary/aromatic N) is 1. The molecule has 0 saturated carbocycles. The van der Waals surface area contributed by atoms with Crippen molar-refractivity contribution in [3.05, 3.63) is 90.0 Å². The number of benzene rings is 3. The molecule has 1 N–H and O–H groups in total. The number of ether oxygens (including phenoxy) is 1. The largest absolute Gasteiger partial charge is 0.455 e. The van der Waals surface area contributed by atoms with Crippen LogP contribution >= 0.6 is 0 Å². The molecule has 0 radical (unpaired) electrons. The van der Waals surface area contributed by atoms with Crippen LogP contribution in [-0.4, -0.2) is 17.5 Å². The molecule has 2 amide bonds. The number of fused-ring (bicyclic) bond motifs is 1. The number of carbonyl (C=O) groups excluding carboxylic acids is 1. The molecule has 1 aliphatic rings. The van der Waals surface area contributed by atoms with Crippen molar-refractivity contribution in [1.82, 2.24) is 4.90 Å². The van der Waals surface area contributed by atoms with Crippen LogP contribution in [0.4, 0.5) is 10.5 Å². The fourth-order valence-electron chi connectivity index (χ4n) is 3.14. The van der Waals surface area contributed by atoms with Crippen LogP contribution in [-0.2, 0) is 13.0 Å². The van der Waals surface area contributed by atoms with Gasteiger partial charge in [0, 0.05) is 13.1 Å². The van der Waals surface area contributed by atoms with Crippen molar-refractivity contribution in [3.8, 4) is 11.5 Å². The first kappa shape index (κ1) is 16.2. The molecule has 0 spiro atoms. The van der Waals surface area contributed by atoms with E-state index in [-0.39, 0.29) is 6.03 Å². The zero-order valence-corrected chi connectivity index (χ0v) is 14.4. The Labute approximate surface area is 153 Å². The molecule has 0 bridgehead atoms. The van der Waals surface area contributed by atoms with Gasteiger partial charge in [-0.25, -0.2) is 4.79 Å². The molecule has 0 aromatic heterocycles. The Hall–Kier alpha value is -3.27. The average Bonchev–Trinajstić information content (AvgIpc) is 2.70.